The molecule has 0 amide bonds. The molecule has 0 saturated heterocycles. The molecule has 0 aliphatic carbocycles. The normalized spacial score (nSPS) is 12.5. The minimum atomic E-state index is -3.84. The minimum absolute atomic E-state index is 0.196. The first-order chi connectivity index (χ1) is 18.7. The van der Waals surface area contributed by atoms with Crippen molar-refractivity contribution in [3.8, 4) is 22.4 Å². The standard InChI is InChI=1S/C29H24N4O4S2/c1-19(2)38(34,35)21-14-12-20(13-15-21)26-17-31-29-28(32-26)24(16-30-29)25-18-33(27-11-7-6-10-23(25)27)39(36,37)22-8-4-3-5-9-22/h3-19H,1-2H3,(H,30,31). The van der Waals surface area contributed by atoms with Crippen LogP contribution in [0.4, 0.5) is 0 Å². The second-order valence-corrected chi connectivity index (χ2v) is 13.8. The van der Waals surface area contributed by atoms with E-state index in [2.05, 4.69) is 9.97 Å². The van der Waals surface area contributed by atoms with Gasteiger partial charge in [-0.05, 0) is 44.2 Å². The number of H-pyrrole nitrogens is 1. The van der Waals surface area contributed by atoms with Gasteiger partial charge in [0.05, 0.1) is 32.4 Å². The summed E-state index contributed by atoms with van der Waals surface area (Å²) >= 11 is 0. The Bertz CT molecular complexity index is 2060. The van der Waals surface area contributed by atoms with Crippen LogP contribution in [0.3, 0.4) is 0 Å². The maximum atomic E-state index is 13.6. The minimum Gasteiger partial charge on any atom is -0.344 e. The SMILES string of the molecule is CC(C)S(=O)(=O)c1ccc(-c2cnc3[nH]cc(-c4cn(S(=O)(=O)c5ccccc5)c5ccccc45)c3n2)cc1. The number of aromatic amines is 1. The van der Waals surface area contributed by atoms with Crippen molar-refractivity contribution >= 4 is 41.9 Å². The van der Waals surface area contributed by atoms with Crippen LogP contribution in [0.2, 0.25) is 0 Å². The number of hydrogen-bond donors (Lipinski definition) is 1. The molecule has 1 N–H and O–H groups in total. The molecule has 0 bridgehead atoms. The maximum Gasteiger partial charge on any atom is 0.268 e. The fourth-order valence-electron chi connectivity index (χ4n) is 4.59. The lowest BCUT2D eigenvalue weighted by Gasteiger charge is -2.08. The third kappa shape index (κ3) is 4.12. The van der Waals surface area contributed by atoms with Gasteiger partial charge in [0.1, 0.15) is 5.52 Å². The van der Waals surface area contributed by atoms with Crippen LogP contribution in [0.25, 0.3) is 44.5 Å². The Hall–Kier alpha value is -4.28. The first-order valence-electron chi connectivity index (χ1n) is 12.3. The van der Waals surface area contributed by atoms with Crippen molar-refractivity contribution in [3.05, 3.63) is 97.5 Å². The van der Waals surface area contributed by atoms with Crippen LogP contribution in [-0.2, 0) is 19.9 Å². The smallest absolute Gasteiger partial charge is 0.268 e. The van der Waals surface area contributed by atoms with Gasteiger partial charge in [-0.2, -0.15) is 0 Å². The Balaban J connectivity index is 1.49. The lowest BCUT2D eigenvalue weighted by molar-refractivity contribution is 0.586. The van der Waals surface area contributed by atoms with E-state index < -0.39 is 25.1 Å². The van der Waals surface area contributed by atoms with Gasteiger partial charge in [-0.3, -0.25) is 0 Å². The van der Waals surface area contributed by atoms with Crippen molar-refractivity contribution in [3.63, 3.8) is 0 Å². The maximum absolute atomic E-state index is 13.6. The van der Waals surface area contributed by atoms with E-state index in [1.807, 2.05) is 12.1 Å². The molecule has 0 aliphatic rings. The van der Waals surface area contributed by atoms with Gasteiger partial charge in [0.25, 0.3) is 10.0 Å². The summed E-state index contributed by atoms with van der Waals surface area (Å²) in [6, 6.07) is 22.2. The average molecular weight is 557 g/mol. The Kier molecular flexibility index (Phi) is 5.89. The average Bonchev–Trinajstić information content (AvgIpc) is 3.55. The zero-order chi connectivity index (χ0) is 27.4. The molecular weight excluding hydrogens is 532 g/mol. The molecule has 0 unspecified atom stereocenters. The summed E-state index contributed by atoms with van der Waals surface area (Å²) in [6.45, 7) is 3.30. The first-order valence-corrected chi connectivity index (χ1v) is 15.3. The number of para-hydroxylation sites is 1. The zero-order valence-electron chi connectivity index (χ0n) is 21.1. The fourth-order valence-corrected chi connectivity index (χ4v) is 7.04. The van der Waals surface area contributed by atoms with Crippen LogP contribution < -0.4 is 0 Å². The summed E-state index contributed by atoms with van der Waals surface area (Å²) in [7, 11) is -7.23. The molecule has 0 spiro atoms. The number of aromatic nitrogens is 4. The lowest BCUT2D eigenvalue weighted by Crippen LogP contribution is -2.13. The van der Waals surface area contributed by atoms with E-state index in [4.69, 9.17) is 4.98 Å². The van der Waals surface area contributed by atoms with E-state index in [-0.39, 0.29) is 9.79 Å². The van der Waals surface area contributed by atoms with E-state index in [0.29, 0.717) is 39.1 Å². The molecule has 0 aliphatic heterocycles. The summed E-state index contributed by atoms with van der Waals surface area (Å²) in [4.78, 5) is 13.0. The van der Waals surface area contributed by atoms with Crippen LogP contribution in [-0.4, -0.2) is 41.0 Å². The first kappa shape index (κ1) is 25.0. The van der Waals surface area contributed by atoms with Gasteiger partial charge >= 0.3 is 0 Å². The quantitative estimate of drug-likeness (QED) is 0.283. The van der Waals surface area contributed by atoms with E-state index in [9.17, 15) is 16.8 Å². The second kappa shape index (κ2) is 9.18. The topological polar surface area (TPSA) is 115 Å². The molecule has 39 heavy (non-hydrogen) atoms. The van der Waals surface area contributed by atoms with E-state index in [1.165, 1.54) is 3.97 Å². The number of sulfone groups is 1. The van der Waals surface area contributed by atoms with Gasteiger partial charge < -0.3 is 4.98 Å². The molecular formula is C29H24N4O4S2. The van der Waals surface area contributed by atoms with Gasteiger partial charge in [-0.25, -0.2) is 30.8 Å². The van der Waals surface area contributed by atoms with Crippen LogP contribution in [0.1, 0.15) is 13.8 Å². The predicted molar refractivity (Wildman–Crippen MR) is 152 cm³/mol. The number of nitrogens with one attached hydrogen (secondary N) is 1. The molecule has 10 heteroatoms. The third-order valence-electron chi connectivity index (χ3n) is 6.75. The van der Waals surface area contributed by atoms with Gasteiger partial charge in [0, 0.05) is 34.5 Å². The van der Waals surface area contributed by atoms with Gasteiger partial charge in [-0.15, -0.1) is 0 Å². The molecule has 6 rings (SSSR count). The van der Waals surface area contributed by atoms with Crippen molar-refractivity contribution in [2.45, 2.75) is 28.9 Å². The van der Waals surface area contributed by atoms with Crippen LogP contribution in [0.15, 0.2) is 107 Å². The number of fused-ring (bicyclic) bond motifs is 2. The molecule has 8 nitrogen and oxygen atoms in total. The predicted octanol–water partition coefficient (Wildman–Crippen LogP) is 5.67. The molecule has 0 atom stereocenters. The summed E-state index contributed by atoms with van der Waals surface area (Å²) in [5.74, 6) is 0. The van der Waals surface area contributed by atoms with Crippen LogP contribution in [0, 0.1) is 0 Å². The monoisotopic (exact) mass is 556 g/mol. The van der Waals surface area contributed by atoms with Crippen molar-refractivity contribution in [1.29, 1.82) is 0 Å². The largest absolute Gasteiger partial charge is 0.344 e. The van der Waals surface area contributed by atoms with E-state index in [1.54, 1.807) is 99.2 Å². The summed E-state index contributed by atoms with van der Waals surface area (Å²) in [5, 5.41) is 0.239. The molecule has 0 saturated carbocycles. The van der Waals surface area contributed by atoms with Crippen LogP contribution in [0.5, 0.6) is 0 Å². The second-order valence-electron chi connectivity index (χ2n) is 9.45. The van der Waals surface area contributed by atoms with Crippen molar-refractivity contribution in [2.75, 3.05) is 0 Å². The molecule has 3 heterocycles. The summed E-state index contributed by atoms with van der Waals surface area (Å²) in [6.07, 6.45) is 5.02. The molecule has 3 aromatic carbocycles. The zero-order valence-corrected chi connectivity index (χ0v) is 22.7. The highest BCUT2D eigenvalue weighted by Crippen LogP contribution is 2.36. The van der Waals surface area contributed by atoms with E-state index >= 15 is 0 Å². The number of benzene rings is 3. The van der Waals surface area contributed by atoms with Crippen molar-refractivity contribution in [1.82, 2.24) is 18.9 Å². The molecule has 6 aromatic rings. The highest BCUT2D eigenvalue weighted by atomic mass is 32.2. The van der Waals surface area contributed by atoms with Crippen molar-refractivity contribution in [2.24, 2.45) is 0 Å². The molecule has 196 valence electrons. The Morgan fingerprint density at radius 2 is 1.49 bits per heavy atom. The molecule has 0 radical (unpaired) electrons. The number of hydrogen-bond acceptors (Lipinski definition) is 6. The molecule has 3 aromatic heterocycles. The highest BCUT2D eigenvalue weighted by molar-refractivity contribution is 7.92. The Morgan fingerprint density at radius 3 is 2.21 bits per heavy atom. The number of rotatable bonds is 6. The summed E-state index contributed by atoms with van der Waals surface area (Å²) in [5.41, 5.74) is 4.36. The van der Waals surface area contributed by atoms with Crippen molar-refractivity contribution < 1.29 is 16.8 Å². The fraction of sp³-hybridized carbons (Fsp3) is 0.103. The summed E-state index contributed by atoms with van der Waals surface area (Å²) < 4.78 is 53.4. The van der Waals surface area contributed by atoms with Gasteiger partial charge in [-0.1, -0.05) is 48.5 Å². The van der Waals surface area contributed by atoms with Gasteiger partial charge in [0.15, 0.2) is 15.5 Å². The number of nitrogens with zero attached hydrogens (tertiary/aromatic N) is 3. The van der Waals surface area contributed by atoms with E-state index in [0.717, 1.165) is 5.39 Å². The third-order valence-corrected chi connectivity index (χ3v) is 10.6. The highest BCUT2D eigenvalue weighted by Gasteiger charge is 2.23. The Labute approximate surface area is 226 Å². The van der Waals surface area contributed by atoms with Crippen LogP contribution >= 0.6 is 0 Å². The lowest BCUT2D eigenvalue weighted by atomic mass is 10.1. The molecule has 0 fully saturated rings. The van der Waals surface area contributed by atoms with Gasteiger partial charge in [0.2, 0.25) is 0 Å². The Morgan fingerprint density at radius 1 is 0.795 bits per heavy atom.